The monoisotopic (exact) mass is 553 g/mol. The van der Waals surface area contributed by atoms with E-state index in [0.717, 1.165) is 64.5 Å². The molecule has 39 heavy (non-hydrogen) atoms. The second-order valence-corrected chi connectivity index (χ2v) is 12.3. The molecule has 1 aromatic heterocycles. The Bertz CT molecular complexity index is 898. The zero-order chi connectivity index (χ0) is 28.0. The molecule has 0 bridgehead atoms. The van der Waals surface area contributed by atoms with Gasteiger partial charge in [0.1, 0.15) is 17.3 Å². The largest absolute Gasteiger partial charge is 0.433 e. The Balaban J connectivity index is 1.13. The molecule has 2 amide bonds. The Morgan fingerprint density at radius 1 is 0.923 bits per heavy atom. The molecule has 4 rings (SSSR count). The third kappa shape index (κ3) is 8.42. The van der Waals surface area contributed by atoms with E-state index < -0.39 is 17.3 Å². The Morgan fingerprint density at radius 2 is 1.59 bits per heavy atom. The maximum Gasteiger partial charge on any atom is 0.433 e. The molecule has 0 aliphatic carbocycles. The predicted molar refractivity (Wildman–Crippen MR) is 147 cm³/mol. The van der Waals surface area contributed by atoms with Crippen molar-refractivity contribution in [3.63, 3.8) is 0 Å². The normalized spacial score (nSPS) is 20.9. The number of piperazine rings is 1. The van der Waals surface area contributed by atoms with Crippen molar-refractivity contribution in [3.05, 3.63) is 17.6 Å². The fraction of sp³-hybridized carbons (Fsp3) is 0.821. The van der Waals surface area contributed by atoms with Crippen molar-refractivity contribution < 1.29 is 18.0 Å². The third-order valence-corrected chi connectivity index (χ3v) is 8.21. The van der Waals surface area contributed by atoms with E-state index in [-0.39, 0.29) is 11.9 Å². The molecule has 3 fully saturated rings. The quantitative estimate of drug-likeness (QED) is 0.507. The molecule has 220 valence electrons. The zero-order valence-corrected chi connectivity index (χ0v) is 23.9. The highest BCUT2D eigenvalue weighted by atomic mass is 19.4. The summed E-state index contributed by atoms with van der Waals surface area (Å²) in [6.45, 7) is 14.0. The molecular formula is C28H46F3N7O. The smallest absolute Gasteiger partial charge is 0.354 e. The number of likely N-dealkylation sites (tertiary alicyclic amines) is 2. The van der Waals surface area contributed by atoms with E-state index in [1.54, 1.807) is 0 Å². The van der Waals surface area contributed by atoms with Crippen molar-refractivity contribution in [3.8, 4) is 0 Å². The molecule has 1 aromatic rings. The van der Waals surface area contributed by atoms with Gasteiger partial charge >= 0.3 is 12.2 Å². The standard InChI is InChI=1S/C28H46F3N7O/c1-27(2,3)25-33-23(28(29,30)31)21-24(34-25)37-19-17-35(18-20-37)12-8-5-11-32-26(39)38-15-9-22(10-16-38)36-13-6-4-7-14-36/h21-22H,4-20H2,1-3H3,(H,32,39). The second kappa shape index (κ2) is 13.0. The van der Waals surface area contributed by atoms with Gasteiger partial charge in [-0.25, -0.2) is 14.8 Å². The highest BCUT2D eigenvalue weighted by molar-refractivity contribution is 5.74. The molecular weight excluding hydrogens is 507 g/mol. The fourth-order valence-electron chi connectivity index (χ4n) is 5.76. The zero-order valence-electron chi connectivity index (χ0n) is 23.9. The van der Waals surface area contributed by atoms with Crippen LogP contribution in [0.5, 0.6) is 0 Å². The van der Waals surface area contributed by atoms with Crippen molar-refractivity contribution in [1.82, 2.24) is 30.0 Å². The number of urea groups is 1. The number of unbranched alkanes of at least 4 members (excludes halogenated alkanes) is 1. The molecule has 0 atom stereocenters. The first-order valence-corrected chi connectivity index (χ1v) is 14.7. The number of alkyl halides is 3. The van der Waals surface area contributed by atoms with Gasteiger partial charge in [-0.15, -0.1) is 0 Å². The predicted octanol–water partition coefficient (Wildman–Crippen LogP) is 4.36. The lowest BCUT2D eigenvalue weighted by molar-refractivity contribution is -0.141. The molecule has 3 aliphatic heterocycles. The average molecular weight is 554 g/mol. The van der Waals surface area contributed by atoms with E-state index >= 15 is 0 Å². The number of amides is 2. The lowest BCUT2D eigenvalue weighted by Gasteiger charge is -2.40. The molecule has 3 aliphatic rings. The summed E-state index contributed by atoms with van der Waals surface area (Å²) in [6.07, 6.45) is 3.48. The summed E-state index contributed by atoms with van der Waals surface area (Å²) in [5.41, 5.74) is -1.45. The molecule has 0 radical (unpaired) electrons. The number of rotatable bonds is 7. The molecule has 0 aromatic carbocycles. The highest BCUT2D eigenvalue weighted by Gasteiger charge is 2.36. The minimum atomic E-state index is -4.50. The van der Waals surface area contributed by atoms with Crippen LogP contribution in [0, 0.1) is 0 Å². The Morgan fingerprint density at radius 3 is 2.21 bits per heavy atom. The lowest BCUT2D eigenvalue weighted by Crippen LogP contribution is -2.50. The number of hydrogen-bond acceptors (Lipinski definition) is 6. The van der Waals surface area contributed by atoms with Crippen molar-refractivity contribution in [2.24, 2.45) is 0 Å². The molecule has 1 N–H and O–H groups in total. The molecule has 0 saturated carbocycles. The summed E-state index contributed by atoms with van der Waals surface area (Å²) in [7, 11) is 0. The van der Waals surface area contributed by atoms with Gasteiger partial charge in [0, 0.05) is 63.3 Å². The molecule has 8 nitrogen and oxygen atoms in total. The maximum atomic E-state index is 13.5. The number of nitrogens with zero attached hydrogens (tertiary/aromatic N) is 6. The Labute approximate surface area is 231 Å². The number of carbonyl (C=O) groups excluding carboxylic acids is 1. The van der Waals surface area contributed by atoms with Gasteiger partial charge in [-0.3, -0.25) is 4.90 Å². The van der Waals surface area contributed by atoms with Gasteiger partial charge in [0.2, 0.25) is 0 Å². The Hall–Kier alpha value is -2.14. The number of carbonyl (C=O) groups is 1. The van der Waals surface area contributed by atoms with Crippen LogP contribution in [0.25, 0.3) is 0 Å². The summed E-state index contributed by atoms with van der Waals surface area (Å²) in [6, 6.07) is 1.76. The second-order valence-electron chi connectivity index (χ2n) is 12.3. The van der Waals surface area contributed by atoms with Crippen molar-refractivity contribution in [2.45, 2.75) is 83.4 Å². The van der Waals surface area contributed by atoms with Gasteiger partial charge in [-0.1, -0.05) is 27.2 Å². The molecule has 3 saturated heterocycles. The molecule has 0 unspecified atom stereocenters. The van der Waals surface area contributed by atoms with Crippen LogP contribution in [0.3, 0.4) is 0 Å². The van der Waals surface area contributed by atoms with Gasteiger partial charge in [0.15, 0.2) is 0 Å². The van der Waals surface area contributed by atoms with E-state index in [1.165, 1.54) is 32.4 Å². The van der Waals surface area contributed by atoms with Gasteiger partial charge in [0.05, 0.1) is 0 Å². The van der Waals surface area contributed by atoms with Crippen LogP contribution in [0.2, 0.25) is 0 Å². The van der Waals surface area contributed by atoms with Crippen LogP contribution in [-0.2, 0) is 11.6 Å². The van der Waals surface area contributed by atoms with E-state index in [1.807, 2.05) is 30.6 Å². The van der Waals surface area contributed by atoms with Crippen LogP contribution >= 0.6 is 0 Å². The summed E-state index contributed by atoms with van der Waals surface area (Å²) in [5, 5.41) is 3.09. The SMILES string of the molecule is CC(C)(C)c1nc(N2CCN(CCCCNC(=O)N3CCC(N4CCCCC4)CC3)CC2)cc(C(F)(F)F)n1. The Kier molecular flexibility index (Phi) is 9.96. The van der Waals surface area contributed by atoms with Gasteiger partial charge in [0.25, 0.3) is 0 Å². The van der Waals surface area contributed by atoms with Crippen molar-refractivity contribution >= 4 is 11.8 Å². The first-order valence-electron chi connectivity index (χ1n) is 14.7. The molecule has 0 spiro atoms. The molecule has 4 heterocycles. The van der Waals surface area contributed by atoms with Gasteiger partial charge < -0.3 is 20.0 Å². The van der Waals surface area contributed by atoms with E-state index in [0.29, 0.717) is 31.5 Å². The lowest BCUT2D eigenvalue weighted by atomic mass is 9.95. The first-order chi connectivity index (χ1) is 18.5. The minimum Gasteiger partial charge on any atom is -0.354 e. The number of piperidine rings is 2. The van der Waals surface area contributed by atoms with Gasteiger partial charge in [-0.2, -0.15) is 13.2 Å². The number of halogens is 3. The fourth-order valence-corrected chi connectivity index (χ4v) is 5.76. The van der Waals surface area contributed by atoms with Gasteiger partial charge in [-0.05, 0) is 58.2 Å². The summed E-state index contributed by atoms with van der Waals surface area (Å²) >= 11 is 0. The summed E-state index contributed by atoms with van der Waals surface area (Å²) in [4.78, 5) is 29.7. The van der Waals surface area contributed by atoms with E-state index in [9.17, 15) is 18.0 Å². The topological polar surface area (TPSA) is 67.8 Å². The number of anilines is 1. The third-order valence-electron chi connectivity index (χ3n) is 8.21. The minimum absolute atomic E-state index is 0.0541. The van der Waals surface area contributed by atoms with Crippen LogP contribution in [0.4, 0.5) is 23.8 Å². The maximum absolute atomic E-state index is 13.5. The van der Waals surface area contributed by atoms with Crippen LogP contribution in [-0.4, -0.2) is 102 Å². The number of aromatic nitrogens is 2. The van der Waals surface area contributed by atoms with E-state index in [2.05, 4.69) is 25.1 Å². The van der Waals surface area contributed by atoms with Crippen LogP contribution < -0.4 is 10.2 Å². The summed E-state index contributed by atoms with van der Waals surface area (Å²) in [5.74, 6) is 0.563. The average Bonchev–Trinajstić information content (AvgIpc) is 2.92. The first kappa shape index (κ1) is 29.8. The van der Waals surface area contributed by atoms with Crippen molar-refractivity contribution in [2.75, 3.05) is 70.3 Å². The highest BCUT2D eigenvalue weighted by Crippen LogP contribution is 2.32. The van der Waals surface area contributed by atoms with E-state index in [4.69, 9.17) is 0 Å². The van der Waals surface area contributed by atoms with Crippen molar-refractivity contribution in [1.29, 1.82) is 0 Å². The number of hydrogen-bond donors (Lipinski definition) is 1. The summed E-state index contributed by atoms with van der Waals surface area (Å²) < 4.78 is 40.4. The van der Waals surface area contributed by atoms with Crippen LogP contribution in [0.15, 0.2) is 6.07 Å². The molecule has 11 heteroatoms. The van der Waals surface area contributed by atoms with Crippen LogP contribution in [0.1, 0.15) is 77.2 Å². The number of nitrogens with one attached hydrogen (secondary N) is 1.